The van der Waals surface area contributed by atoms with Gasteiger partial charge in [-0.2, -0.15) is 0 Å². The summed E-state index contributed by atoms with van der Waals surface area (Å²) in [5, 5.41) is 10.6. The molecule has 17 nitrogen and oxygen atoms in total. The fourth-order valence-corrected chi connectivity index (χ4v) is 14.1. The van der Waals surface area contributed by atoms with Crippen molar-refractivity contribution in [2.75, 3.05) is 39.6 Å². The smallest absolute Gasteiger partial charge is 0.462 e. The van der Waals surface area contributed by atoms with Crippen LogP contribution in [-0.4, -0.2) is 96.7 Å². The molecule has 0 amide bonds. The largest absolute Gasteiger partial charge is 0.472 e. The second-order valence-electron chi connectivity index (χ2n) is 31.0. The van der Waals surface area contributed by atoms with Gasteiger partial charge in [-0.1, -0.05) is 370 Å². The maximum absolute atomic E-state index is 13.1. The minimum atomic E-state index is -4.96. The highest BCUT2D eigenvalue weighted by atomic mass is 31.2. The quantitative estimate of drug-likeness (QED) is 0.0222. The highest BCUT2D eigenvalue weighted by Gasteiger charge is 2.30. The molecule has 7 atom stereocenters. The minimum absolute atomic E-state index is 0.104. The van der Waals surface area contributed by atoms with Crippen molar-refractivity contribution in [1.29, 1.82) is 0 Å². The van der Waals surface area contributed by atoms with E-state index in [9.17, 15) is 43.2 Å². The highest BCUT2D eigenvalue weighted by Crippen LogP contribution is 2.45. The SMILES string of the molecule is CCC(C)CCCCCCCCCCCCCCCCCCCCC(=O)O[C@H](COC(=O)CCCCCCCCCCCCCCCCC(C)C)COP(=O)(O)OC[C@@H](O)COP(=O)(O)OC[C@@H](COC(=O)CCCCCCCCC(C)CC)OC(=O)CCCCCCCCCCCC(C)C. The summed E-state index contributed by atoms with van der Waals surface area (Å²) in [5.41, 5.74) is 0. The van der Waals surface area contributed by atoms with Crippen LogP contribution in [0.1, 0.15) is 421 Å². The number of phosphoric acid groups is 2. The third-order valence-corrected chi connectivity index (χ3v) is 21.7. The van der Waals surface area contributed by atoms with Gasteiger partial charge in [-0.25, -0.2) is 9.13 Å². The number of aliphatic hydroxyl groups excluding tert-OH is 1. The van der Waals surface area contributed by atoms with Crippen molar-refractivity contribution in [3.8, 4) is 0 Å². The van der Waals surface area contributed by atoms with Gasteiger partial charge in [-0.3, -0.25) is 37.3 Å². The maximum atomic E-state index is 13.1. The van der Waals surface area contributed by atoms with Crippen molar-refractivity contribution in [3.63, 3.8) is 0 Å². The summed E-state index contributed by atoms with van der Waals surface area (Å²) in [6, 6.07) is 0. The van der Waals surface area contributed by atoms with E-state index in [0.717, 1.165) is 120 Å². The molecule has 4 unspecified atom stereocenters. The Kier molecular flexibility index (Phi) is 69.6. The Morgan fingerprint density at radius 3 is 0.703 bits per heavy atom. The van der Waals surface area contributed by atoms with E-state index in [1.165, 1.54) is 218 Å². The first-order valence-corrected chi connectivity index (χ1v) is 45.3. The van der Waals surface area contributed by atoms with Crippen molar-refractivity contribution in [2.45, 2.75) is 440 Å². The summed E-state index contributed by atoms with van der Waals surface area (Å²) in [4.78, 5) is 73.0. The predicted octanol–water partition coefficient (Wildman–Crippen LogP) is 24.4. The van der Waals surface area contributed by atoms with Crippen molar-refractivity contribution in [1.82, 2.24) is 0 Å². The Labute approximate surface area is 619 Å². The molecule has 101 heavy (non-hydrogen) atoms. The Morgan fingerprint density at radius 2 is 0.475 bits per heavy atom. The molecule has 0 bridgehead atoms. The lowest BCUT2D eigenvalue weighted by molar-refractivity contribution is -0.161. The summed E-state index contributed by atoms with van der Waals surface area (Å²) in [6.07, 6.45) is 58.4. The number of rotatable bonds is 79. The second-order valence-corrected chi connectivity index (χ2v) is 33.9. The molecule has 0 aromatic rings. The molecule has 3 N–H and O–H groups in total. The van der Waals surface area contributed by atoms with Crippen LogP contribution in [0.3, 0.4) is 0 Å². The molecular formula is C82H160O17P2. The summed E-state index contributed by atoms with van der Waals surface area (Å²) in [5.74, 6) is 1.02. The normalized spacial score (nSPS) is 14.5. The van der Waals surface area contributed by atoms with Crippen LogP contribution >= 0.6 is 15.6 Å². The number of hydrogen-bond donors (Lipinski definition) is 3. The lowest BCUT2D eigenvalue weighted by Gasteiger charge is -2.21. The first-order chi connectivity index (χ1) is 48.7. The zero-order chi connectivity index (χ0) is 74.6. The number of aliphatic hydroxyl groups is 1. The van der Waals surface area contributed by atoms with Crippen LogP contribution in [0.4, 0.5) is 0 Å². The van der Waals surface area contributed by atoms with Crippen molar-refractivity contribution < 1.29 is 80.2 Å². The number of unbranched alkanes of at least 4 members (excludes halogenated alkanes) is 43. The molecule has 0 saturated heterocycles. The van der Waals surface area contributed by atoms with Gasteiger partial charge in [0, 0.05) is 25.7 Å². The van der Waals surface area contributed by atoms with Crippen LogP contribution in [0.25, 0.3) is 0 Å². The van der Waals surface area contributed by atoms with Gasteiger partial charge in [0.2, 0.25) is 0 Å². The fourth-order valence-electron chi connectivity index (χ4n) is 12.5. The Balaban J connectivity index is 5.22. The van der Waals surface area contributed by atoms with Gasteiger partial charge in [-0.15, -0.1) is 0 Å². The monoisotopic (exact) mass is 1480 g/mol. The molecular weight excluding hydrogens is 1320 g/mol. The van der Waals surface area contributed by atoms with E-state index in [0.29, 0.717) is 25.7 Å². The van der Waals surface area contributed by atoms with E-state index in [2.05, 4.69) is 55.4 Å². The number of carbonyl (C=O) groups is 4. The summed E-state index contributed by atoms with van der Waals surface area (Å²) >= 11 is 0. The molecule has 0 rings (SSSR count). The van der Waals surface area contributed by atoms with Crippen LogP contribution < -0.4 is 0 Å². The van der Waals surface area contributed by atoms with Crippen LogP contribution in [0.2, 0.25) is 0 Å². The average Bonchev–Trinajstić information content (AvgIpc) is 0.940. The molecule has 0 aromatic heterocycles. The van der Waals surface area contributed by atoms with E-state index in [-0.39, 0.29) is 25.7 Å². The molecule has 0 aromatic carbocycles. The number of carbonyl (C=O) groups excluding carboxylic acids is 4. The van der Waals surface area contributed by atoms with Gasteiger partial charge in [0.15, 0.2) is 12.2 Å². The maximum Gasteiger partial charge on any atom is 0.472 e. The molecule has 0 saturated carbocycles. The van der Waals surface area contributed by atoms with Crippen molar-refractivity contribution in [3.05, 3.63) is 0 Å². The van der Waals surface area contributed by atoms with Gasteiger partial charge in [0.25, 0.3) is 0 Å². The Morgan fingerprint density at radius 1 is 0.277 bits per heavy atom. The lowest BCUT2D eigenvalue weighted by atomic mass is 9.99. The second kappa shape index (κ2) is 71.0. The van der Waals surface area contributed by atoms with Crippen molar-refractivity contribution in [2.24, 2.45) is 23.7 Å². The van der Waals surface area contributed by atoms with Crippen LogP contribution in [0.5, 0.6) is 0 Å². The zero-order valence-corrected chi connectivity index (χ0v) is 68.3. The molecule has 0 aliphatic rings. The average molecular weight is 1480 g/mol. The van der Waals surface area contributed by atoms with Crippen LogP contribution in [0.15, 0.2) is 0 Å². The molecule has 19 heteroatoms. The Hall–Kier alpha value is -1.94. The molecule has 0 aliphatic carbocycles. The van der Waals surface area contributed by atoms with Crippen molar-refractivity contribution >= 4 is 39.5 Å². The van der Waals surface area contributed by atoms with Gasteiger partial charge in [0.05, 0.1) is 26.4 Å². The molecule has 600 valence electrons. The van der Waals surface area contributed by atoms with E-state index >= 15 is 0 Å². The molecule has 0 radical (unpaired) electrons. The van der Waals surface area contributed by atoms with E-state index in [4.69, 9.17) is 37.0 Å². The van der Waals surface area contributed by atoms with Gasteiger partial charge in [0.1, 0.15) is 19.3 Å². The topological polar surface area (TPSA) is 237 Å². The number of phosphoric ester groups is 2. The predicted molar refractivity (Wildman–Crippen MR) is 414 cm³/mol. The zero-order valence-electron chi connectivity index (χ0n) is 66.5. The van der Waals surface area contributed by atoms with E-state index < -0.39 is 97.5 Å². The standard InChI is InChI=1S/C82H160O17P2/c1-9-74(7)60-52-44-36-30-24-20-15-13-11-12-14-16-22-26-32-38-48-56-64-81(86)98-77(68-92-79(84)62-54-46-37-31-25-21-18-17-19-23-28-34-42-50-58-72(3)4)70-96-100(88,89)94-66-76(83)67-95-101(90,91)97-71-78(69-93-80(85)63-55-47-41-40-45-53-61-75(8)10-2)99-82(87)65-57-49-39-33-27-29-35-43-51-59-73(5)6/h72-78,83H,9-71H2,1-8H3,(H,88,89)(H,90,91)/t74?,75?,76-,77-,78-/m1/s1. The first kappa shape index (κ1) is 99.1. The van der Waals surface area contributed by atoms with Crippen LogP contribution in [0, 0.1) is 23.7 Å². The van der Waals surface area contributed by atoms with Gasteiger partial charge in [-0.05, 0) is 49.4 Å². The number of esters is 4. The van der Waals surface area contributed by atoms with E-state index in [1.54, 1.807) is 0 Å². The number of ether oxygens (including phenoxy) is 4. The Bertz CT molecular complexity index is 1980. The third kappa shape index (κ3) is 73.4. The summed E-state index contributed by atoms with van der Waals surface area (Å²) < 4.78 is 68.7. The van der Waals surface area contributed by atoms with E-state index in [1.807, 2.05) is 0 Å². The highest BCUT2D eigenvalue weighted by molar-refractivity contribution is 7.47. The molecule has 0 aliphatic heterocycles. The molecule has 0 spiro atoms. The first-order valence-electron chi connectivity index (χ1n) is 42.3. The fraction of sp³-hybridized carbons (Fsp3) is 0.951. The minimum Gasteiger partial charge on any atom is -0.462 e. The number of hydrogen-bond acceptors (Lipinski definition) is 15. The molecule has 0 fully saturated rings. The third-order valence-electron chi connectivity index (χ3n) is 19.8. The lowest BCUT2D eigenvalue weighted by Crippen LogP contribution is -2.30. The summed E-state index contributed by atoms with van der Waals surface area (Å²) in [6.45, 7) is 14.3. The van der Waals surface area contributed by atoms with Gasteiger partial charge >= 0.3 is 39.5 Å². The molecule has 0 heterocycles. The van der Waals surface area contributed by atoms with Gasteiger partial charge < -0.3 is 33.8 Å². The van der Waals surface area contributed by atoms with Crippen LogP contribution in [-0.2, 0) is 65.4 Å². The summed E-state index contributed by atoms with van der Waals surface area (Å²) in [7, 11) is -9.92.